The van der Waals surface area contributed by atoms with Gasteiger partial charge in [0.25, 0.3) is 0 Å². The number of allylic oxidation sites excluding steroid dienone is 1. The van der Waals surface area contributed by atoms with Crippen LogP contribution in [0.5, 0.6) is 11.5 Å². The third-order valence-electron chi connectivity index (χ3n) is 8.50. The number of phenols is 1. The maximum atomic E-state index is 13.0. The molecule has 6 unspecified atom stereocenters. The smallest absolute Gasteiger partial charge is 0.748 e. The van der Waals surface area contributed by atoms with Crippen molar-refractivity contribution in [1.82, 2.24) is 0 Å². The zero-order chi connectivity index (χ0) is 30.0. The molecule has 0 radical (unpaired) electrons. The molecule has 6 N–H and O–H groups in total. The Balaban J connectivity index is 0.00000423. The summed E-state index contributed by atoms with van der Waals surface area (Å²) in [6.07, 6.45) is 1.83. The van der Waals surface area contributed by atoms with Crippen LogP contribution in [0, 0.1) is 5.92 Å². The molecule has 0 aromatic heterocycles. The summed E-state index contributed by atoms with van der Waals surface area (Å²) in [6, 6.07) is 21.1. The molecule has 4 heterocycles. The minimum atomic E-state index is -4.74. The summed E-state index contributed by atoms with van der Waals surface area (Å²) < 4.78 is 45.1. The van der Waals surface area contributed by atoms with E-state index in [1.54, 1.807) is 30.3 Å². The van der Waals surface area contributed by atoms with Crippen molar-refractivity contribution in [3.8, 4) is 11.5 Å². The molecule has 0 fully saturated rings. The van der Waals surface area contributed by atoms with Crippen LogP contribution >= 0.6 is 0 Å². The molecule has 0 amide bonds. The van der Waals surface area contributed by atoms with Crippen molar-refractivity contribution in [2.75, 3.05) is 0 Å². The second-order valence-electron chi connectivity index (χ2n) is 11.1. The molecule has 4 bridgehead atoms. The van der Waals surface area contributed by atoms with E-state index in [0.717, 1.165) is 11.1 Å². The van der Waals surface area contributed by atoms with Crippen molar-refractivity contribution >= 4 is 16.1 Å². The summed E-state index contributed by atoms with van der Waals surface area (Å²) in [6.45, 7) is 1.97. The third-order valence-corrected chi connectivity index (χ3v) is 9.75. The average Bonchev–Trinajstić information content (AvgIpc) is 2.97. The molecule has 9 nitrogen and oxygen atoms in total. The summed E-state index contributed by atoms with van der Waals surface area (Å²) >= 11 is 0. The normalized spacial score (nSPS) is 24.3. The number of guanidine groups is 1. The van der Waals surface area contributed by atoms with Gasteiger partial charge in [0.05, 0.1) is 15.4 Å². The van der Waals surface area contributed by atoms with Crippen molar-refractivity contribution in [3.63, 3.8) is 0 Å². The van der Waals surface area contributed by atoms with E-state index < -0.39 is 33.6 Å². The Morgan fingerprint density at radius 1 is 1.00 bits per heavy atom. The van der Waals surface area contributed by atoms with Gasteiger partial charge in [-0.1, -0.05) is 61.5 Å². The van der Waals surface area contributed by atoms with Gasteiger partial charge in [-0.3, -0.25) is 0 Å². The molecule has 6 atom stereocenters. The molecule has 11 heteroatoms. The molecule has 0 saturated carbocycles. The Kier molecular flexibility index (Phi) is 10.6. The molecule has 222 valence electrons. The van der Waals surface area contributed by atoms with Gasteiger partial charge in [-0.2, -0.15) is 0 Å². The largest absolute Gasteiger partial charge is 1.00 e. The first-order valence-corrected chi connectivity index (χ1v) is 15.6. The van der Waals surface area contributed by atoms with Crippen LogP contribution < -0.4 is 45.8 Å². The standard InChI is InChI=1S/C32H37N3O6S.Na/c1-2-19-18-29(42(38,39)40)28-17-24(30(37)22-7-12-25(36)13-8-22)11-16-27(28)21-3-5-23(6-4-21)31(35-32(33)34)41-26-14-9-20(19)10-15-26;/h3-10,12-15,17,19,27-31,36-37H,2,11,16,18H2,1H3,(H4,33,34,35)(H,38,39,40);/q;+1/p-1. The van der Waals surface area contributed by atoms with Gasteiger partial charge < -0.3 is 31.0 Å². The van der Waals surface area contributed by atoms with Crippen LogP contribution in [0.25, 0.3) is 0 Å². The Morgan fingerprint density at radius 2 is 1.60 bits per heavy atom. The predicted octanol–water partition coefficient (Wildman–Crippen LogP) is 1.71. The maximum Gasteiger partial charge on any atom is 1.00 e. The molecule has 1 aliphatic carbocycles. The average molecular weight is 614 g/mol. The molecular formula is C32H36N3NaO6S. The van der Waals surface area contributed by atoms with Crippen molar-refractivity contribution in [1.29, 1.82) is 0 Å². The van der Waals surface area contributed by atoms with E-state index in [9.17, 15) is 23.2 Å². The number of aliphatic hydroxyl groups is 1. The van der Waals surface area contributed by atoms with E-state index in [0.29, 0.717) is 41.7 Å². The fourth-order valence-electron chi connectivity index (χ4n) is 6.26. The van der Waals surface area contributed by atoms with Crippen LogP contribution in [-0.2, 0) is 10.1 Å². The first-order chi connectivity index (χ1) is 20.0. The zero-order valence-corrected chi connectivity index (χ0v) is 27.2. The van der Waals surface area contributed by atoms with Crippen molar-refractivity contribution in [2.45, 2.75) is 62.0 Å². The van der Waals surface area contributed by atoms with Crippen LogP contribution in [0.4, 0.5) is 0 Å². The zero-order valence-electron chi connectivity index (χ0n) is 24.3. The third kappa shape index (κ3) is 7.63. The van der Waals surface area contributed by atoms with E-state index in [2.05, 4.69) is 4.99 Å². The maximum absolute atomic E-state index is 13.0. The Hall–Kier alpha value is -2.86. The second-order valence-corrected chi connectivity index (χ2v) is 12.7. The van der Waals surface area contributed by atoms with Gasteiger partial charge in [-0.25, -0.2) is 13.4 Å². The number of benzene rings is 3. The quantitative estimate of drug-likeness (QED) is 0.111. The Morgan fingerprint density at radius 3 is 2.19 bits per heavy atom. The first kappa shape index (κ1) is 33.0. The number of aromatic hydroxyl groups is 1. The number of hydrogen-bond acceptors (Lipinski definition) is 7. The number of nitrogens with two attached hydrogens (primary N) is 2. The molecule has 0 spiro atoms. The van der Waals surface area contributed by atoms with Crippen molar-refractivity contribution in [2.24, 2.45) is 22.4 Å². The topological polar surface area (TPSA) is 171 Å². The summed E-state index contributed by atoms with van der Waals surface area (Å²) in [5.41, 5.74) is 15.1. The van der Waals surface area contributed by atoms with Gasteiger partial charge in [0, 0.05) is 5.56 Å². The minimum absolute atomic E-state index is 0. The van der Waals surface area contributed by atoms with Gasteiger partial charge in [0.1, 0.15) is 17.6 Å². The number of hydrogen-bond donors (Lipinski definition) is 4. The van der Waals surface area contributed by atoms with E-state index >= 15 is 0 Å². The van der Waals surface area contributed by atoms with Gasteiger partial charge in [0.15, 0.2) is 5.96 Å². The van der Waals surface area contributed by atoms with Crippen LogP contribution in [0.2, 0.25) is 0 Å². The van der Waals surface area contributed by atoms with E-state index in [1.807, 2.05) is 43.3 Å². The Labute approximate surface area is 274 Å². The molecular weight excluding hydrogens is 577 g/mol. The first-order valence-electron chi connectivity index (χ1n) is 14.1. The van der Waals surface area contributed by atoms with Gasteiger partial charge in [-0.05, 0) is 90.0 Å². The number of ether oxygens (including phenoxy) is 1. The van der Waals surface area contributed by atoms with Crippen LogP contribution in [0.15, 0.2) is 89.4 Å². The summed E-state index contributed by atoms with van der Waals surface area (Å²) in [4.78, 5) is 4.27. The fraction of sp³-hybridized carbons (Fsp3) is 0.344. The number of nitrogens with zero attached hydrogens (tertiary/aromatic N) is 1. The van der Waals surface area contributed by atoms with Gasteiger partial charge >= 0.3 is 29.6 Å². The van der Waals surface area contributed by atoms with Crippen molar-refractivity contribution < 1.29 is 57.5 Å². The Bertz CT molecular complexity index is 1560. The van der Waals surface area contributed by atoms with Crippen LogP contribution in [-0.4, -0.2) is 34.4 Å². The number of phenolic OH excluding ortho intramolecular Hbond substituents is 1. The summed E-state index contributed by atoms with van der Waals surface area (Å²) in [7, 11) is -4.74. The predicted molar refractivity (Wildman–Crippen MR) is 160 cm³/mol. The summed E-state index contributed by atoms with van der Waals surface area (Å²) in [5, 5.41) is 19.7. The van der Waals surface area contributed by atoms with Gasteiger partial charge in [-0.15, -0.1) is 0 Å². The van der Waals surface area contributed by atoms with E-state index in [1.165, 1.54) is 12.1 Å². The number of rotatable bonds is 5. The SMILES string of the molecule is CCC1CC(S(=O)(=O)[O-])C2C=C(C(O)c3ccc(O)cc3)CCC2c2ccc(cc2)C(N=C(N)N)Oc2ccc1cc2.[Na+]. The molecule has 4 aliphatic heterocycles. The number of aliphatic hydroxyl groups excluding tert-OH is 1. The summed E-state index contributed by atoms with van der Waals surface area (Å²) in [5.74, 6) is -0.648. The minimum Gasteiger partial charge on any atom is -0.748 e. The molecule has 3 aromatic rings. The molecule has 43 heavy (non-hydrogen) atoms. The van der Waals surface area contributed by atoms with E-state index in [-0.39, 0.29) is 59.5 Å². The number of aliphatic imine (C=N–C) groups is 1. The fourth-order valence-corrected chi connectivity index (χ4v) is 7.38. The second kappa shape index (κ2) is 13.8. The molecule has 5 aliphatic rings. The molecule has 8 rings (SSSR count). The van der Waals surface area contributed by atoms with Crippen LogP contribution in [0.3, 0.4) is 0 Å². The molecule has 0 saturated heterocycles. The van der Waals surface area contributed by atoms with Gasteiger partial charge in [0.2, 0.25) is 6.23 Å². The van der Waals surface area contributed by atoms with Crippen LogP contribution in [0.1, 0.15) is 79.0 Å². The molecule has 3 aromatic carbocycles. The van der Waals surface area contributed by atoms with Crippen molar-refractivity contribution in [3.05, 3.63) is 107 Å². The monoisotopic (exact) mass is 613 g/mol. The van der Waals surface area contributed by atoms with E-state index in [4.69, 9.17) is 16.2 Å².